The van der Waals surface area contributed by atoms with Gasteiger partial charge < -0.3 is 28.8 Å². The Morgan fingerprint density at radius 3 is 2.22 bits per heavy atom. The molecule has 0 saturated carbocycles. The van der Waals surface area contributed by atoms with Crippen molar-refractivity contribution in [1.29, 1.82) is 0 Å². The van der Waals surface area contributed by atoms with E-state index in [1.165, 1.54) is 0 Å². The highest BCUT2D eigenvalue weighted by molar-refractivity contribution is 5.98. The summed E-state index contributed by atoms with van der Waals surface area (Å²) in [5.41, 5.74) is 0.105. The molecule has 0 saturated heterocycles. The summed E-state index contributed by atoms with van der Waals surface area (Å²) in [7, 11) is 1.62. The first-order valence-electron chi connectivity index (χ1n) is 8.80. The van der Waals surface area contributed by atoms with Gasteiger partial charge in [-0.15, -0.1) is 0 Å². The van der Waals surface area contributed by atoms with Crippen LogP contribution in [0.3, 0.4) is 0 Å². The molecule has 1 N–H and O–H groups in total. The minimum Gasteiger partial charge on any atom is -0.507 e. The van der Waals surface area contributed by atoms with Crippen LogP contribution in [0.5, 0.6) is 5.75 Å². The van der Waals surface area contributed by atoms with Gasteiger partial charge in [0.2, 0.25) is 6.29 Å². The Kier molecular flexibility index (Phi) is 9.00. The summed E-state index contributed by atoms with van der Waals surface area (Å²) in [5.74, 6) is -0.763. The van der Waals surface area contributed by atoms with Crippen molar-refractivity contribution >= 4 is 16.7 Å². The molecule has 2 aromatic rings. The molecule has 0 radical (unpaired) electrons. The summed E-state index contributed by atoms with van der Waals surface area (Å²) in [6.07, 6.45) is -0.759. The van der Waals surface area contributed by atoms with Crippen molar-refractivity contribution in [3.8, 4) is 5.75 Å². The molecule has 1 unspecified atom stereocenters. The summed E-state index contributed by atoms with van der Waals surface area (Å²) >= 11 is 0. The van der Waals surface area contributed by atoms with Crippen LogP contribution in [0, 0.1) is 0 Å². The molecule has 0 aliphatic rings. The van der Waals surface area contributed by atoms with Crippen LogP contribution in [0.4, 0.5) is 0 Å². The molecule has 0 aliphatic carbocycles. The van der Waals surface area contributed by atoms with E-state index in [4.69, 9.17) is 23.7 Å². The molecule has 0 aliphatic heterocycles. The van der Waals surface area contributed by atoms with Gasteiger partial charge in [0.1, 0.15) is 11.3 Å². The average Bonchev–Trinajstić information content (AvgIpc) is 2.66. The highest BCUT2D eigenvalue weighted by atomic mass is 16.7. The number of benzene rings is 2. The average molecular weight is 378 g/mol. The van der Waals surface area contributed by atoms with Crippen LogP contribution in [0.1, 0.15) is 17.3 Å². The van der Waals surface area contributed by atoms with Gasteiger partial charge in [0, 0.05) is 7.11 Å². The van der Waals surface area contributed by atoms with Crippen molar-refractivity contribution < 1.29 is 33.6 Å². The van der Waals surface area contributed by atoms with Gasteiger partial charge in [-0.1, -0.05) is 24.3 Å². The third kappa shape index (κ3) is 7.15. The van der Waals surface area contributed by atoms with Crippen LogP contribution in [-0.2, 0) is 23.7 Å². The van der Waals surface area contributed by atoms with Gasteiger partial charge in [0.05, 0.1) is 39.6 Å². The smallest absolute Gasteiger partial charge is 0.344 e. The number of ether oxygens (including phenoxy) is 5. The second kappa shape index (κ2) is 11.5. The second-order valence-corrected chi connectivity index (χ2v) is 5.78. The molecule has 0 heterocycles. The molecule has 0 amide bonds. The number of aromatic hydroxyl groups is 1. The Morgan fingerprint density at radius 2 is 1.56 bits per heavy atom. The minimum atomic E-state index is -0.759. The van der Waals surface area contributed by atoms with Crippen molar-refractivity contribution in [3.05, 3.63) is 42.0 Å². The number of phenols is 1. The molecule has 0 fully saturated rings. The van der Waals surface area contributed by atoms with Crippen LogP contribution >= 0.6 is 0 Å². The largest absolute Gasteiger partial charge is 0.507 e. The summed E-state index contributed by atoms with van der Waals surface area (Å²) in [6, 6.07) is 10.6. The highest BCUT2D eigenvalue weighted by Gasteiger charge is 2.17. The Bertz CT molecular complexity index is 717. The first-order chi connectivity index (χ1) is 13.1. The Hall–Kier alpha value is -2.19. The standard InChI is InChI=1S/C20H26O7/c1-15(26-12-11-25-10-9-24-8-7-23-2)27-20(22)18-13-16-5-3-4-6-17(16)14-19(18)21/h3-6,13-15,21H,7-12H2,1-2H3. The van der Waals surface area contributed by atoms with E-state index >= 15 is 0 Å². The molecule has 7 heteroatoms. The predicted molar refractivity (Wildman–Crippen MR) is 100.0 cm³/mol. The van der Waals surface area contributed by atoms with Crippen molar-refractivity contribution in [2.45, 2.75) is 13.2 Å². The summed E-state index contributed by atoms with van der Waals surface area (Å²) in [5, 5.41) is 11.8. The Balaban J connectivity index is 1.69. The summed E-state index contributed by atoms with van der Waals surface area (Å²) < 4.78 is 26.1. The molecule has 148 valence electrons. The highest BCUT2D eigenvalue weighted by Crippen LogP contribution is 2.25. The van der Waals surface area contributed by atoms with E-state index in [0.717, 1.165) is 10.8 Å². The second-order valence-electron chi connectivity index (χ2n) is 5.78. The van der Waals surface area contributed by atoms with Crippen molar-refractivity contribution in [3.63, 3.8) is 0 Å². The van der Waals surface area contributed by atoms with Gasteiger partial charge in [-0.25, -0.2) is 4.79 Å². The predicted octanol–water partition coefficient (Wildman–Crippen LogP) is 2.74. The van der Waals surface area contributed by atoms with Crippen molar-refractivity contribution in [2.24, 2.45) is 0 Å². The van der Waals surface area contributed by atoms with Gasteiger partial charge in [-0.3, -0.25) is 0 Å². The molecule has 0 aromatic heterocycles. The van der Waals surface area contributed by atoms with Gasteiger partial charge in [-0.2, -0.15) is 0 Å². The minimum absolute atomic E-state index is 0.105. The van der Waals surface area contributed by atoms with Crippen LogP contribution < -0.4 is 0 Å². The maximum atomic E-state index is 12.3. The van der Waals surface area contributed by atoms with E-state index in [0.29, 0.717) is 33.0 Å². The van der Waals surface area contributed by atoms with Gasteiger partial charge in [-0.05, 0) is 29.8 Å². The molecule has 0 bridgehead atoms. The maximum absolute atomic E-state index is 12.3. The Morgan fingerprint density at radius 1 is 0.963 bits per heavy atom. The molecule has 1 atom stereocenters. The number of rotatable bonds is 12. The van der Waals surface area contributed by atoms with Gasteiger partial charge >= 0.3 is 5.97 Å². The number of fused-ring (bicyclic) bond motifs is 1. The zero-order valence-electron chi connectivity index (χ0n) is 15.7. The number of hydrogen-bond donors (Lipinski definition) is 1. The zero-order chi connectivity index (χ0) is 19.5. The fourth-order valence-corrected chi connectivity index (χ4v) is 2.38. The van der Waals surface area contributed by atoms with E-state index in [1.807, 2.05) is 24.3 Å². The number of phenolic OH excluding ortho intramolecular Hbond substituents is 1. The topological polar surface area (TPSA) is 83.5 Å². The molecule has 27 heavy (non-hydrogen) atoms. The van der Waals surface area contributed by atoms with E-state index < -0.39 is 12.3 Å². The van der Waals surface area contributed by atoms with Gasteiger partial charge in [0.15, 0.2) is 0 Å². The molecule has 0 spiro atoms. The third-order valence-corrected chi connectivity index (χ3v) is 3.74. The van der Waals surface area contributed by atoms with E-state index in [-0.39, 0.29) is 17.9 Å². The van der Waals surface area contributed by atoms with E-state index in [1.54, 1.807) is 26.2 Å². The quantitative estimate of drug-likeness (QED) is 0.345. The summed E-state index contributed by atoms with van der Waals surface area (Å²) in [6.45, 7) is 4.27. The SMILES string of the molecule is COCCOCCOCCOC(C)OC(=O)c1cc2ccccc2cc1O. The van der Waals surface area contributed by atoms with E-state index in [2.05, 4.69) is 0 Å². The van der Waals surface area contributed by atoms with Crippen LogP contribution in [-0.4, -0.2) is 64.1 Å². The van der Waals surface area contributed by atoms with Crippen LogP contribution in [0.25, 0.3) is 10.8 Å². The number of carbonyl (C=O) groups is 1. The lowest BCUT2D eigenvalue weighted by Gasteiger charge is -2.15. The molecular weight excluding hydrogens is 352 g/mol. The normalized spacial score (nSPS) is 12.2. The van der Waals surface area contributed by atoms with Gasteiger partial charge in [0.25, 0.3) is 0 Å². The number of methoxy groups -OCH3 is 1. The van der Waals surface area contributed by atoms with E-state index in [9.17, 15) is 9.90 Å². The lowest BCUT2D eigenvalue weighted by atomic mass is 10.1. The molecule has 2 aromatic carbocycles. The van der Waals surface area contributed by atoms with Crippen molar-refractivity contribution in [1.82, 2.24) is 0 Å². The monoisotopic (exact) mass is 378 g/mol. The zero-order valence-corrected chi connectivity index (χ0v) is 15.7. The fraction of sp³-hybridized carbons (Fsp3) is 0.450. The molecular formula is C20H26O7. The van der Waals surface area contributed by atoms with Crippen molar-refractivity contribution in [2.75, 3.05) is 46.8 Å². The molecule has 7 nitrogen and oxygen atoms in total. The first kappa shape index (κ1) is 21.1. The first-order valence-corrected chi connectivity index (χ1v) is 8.80. The van der Waals surface area contributed by atoms with Crippen LogP contribution in [0.15, 0.2) is 36.4 Å². The molecule has 2 rings (SSSR count). The lowest BCUT2D eigenvalue weighted by Crippen LogP contribution is -2.21. The lowest BCUT2D eigenvalue weighted by molar-refractivity contribution is -0.111. The number of hydrogen-bond acceptors (Lipinski definition) is 7. The van der Waals surface area contributed by atoms with Crippen LogP contribution in [0.2, 0.25) is 0 Å². The number of esters is 1. The third-order valence-electron chi connectivity index (χ3n) is 3.74. The fourth-order valence-electron chi connectivity index (χ4n) is 2.38. The number of carbonyl (C=O) groups excluding carboxylic acids is 1. The maximum Gasteiger partial charge on any atom is 0.344 e. The Labute approximate surface area is 158 Å². The summed E-state index contributed by atoms with van der Waals surface area (Å²) in [4.78, 5) is 12.3.